The Bertz CT molecular complexity index is 909. The number of aryl methyl sites for hydroxylation is 1. The fraction of sp³-hybridized carbons (Fsp3) is 0.250. The monoisotopic (exact) mass is 383 g/mol. The zero-order chi connectivity index (χ0) is 19.2. The molecule has 0 saturated heterocycles. The first kappa shape index (κ1) is 19.0. The second kappa shape index (κ2) is 8.73. The molecule has 1 aromatic heterocycles. The molecule has 1 N–H and O–H groups in total. The summed E-state index contributed by atoms with van der Waals surface area (Å²) >= 11 is 1.21. The number of carbonyl (C=O) groups is 1. The smallest absolute Gasteiger partial charge is 0.277 e. The Morgan fingerprint density at radius 2 is 1.93 bits per heavy atom. The third-order valence-corrected chi connectivity index (χ3v) is 4.95. The van der Waals surface area contributed by atoms with Crippen molar-refractivity contribution in [2.45, 2.75) is 30.7 Å². The number of rotatable bonds is 7. The van der Waals surface area contributed by atoms with Gasteiger partial charge < -0.3 is 14.5 Å². The normalized spacial score (nSPS) is 11.8. The minimum absolute atomic E-state index is 0.124. The van der Waals surface area contributed by atoms with Crippen molar-refractivity contribution in [1.82, 2.24) is 10.2 Å². The second-order valence-electron chi connectivity index (χ2n) is 5.87. The van der Waals surface area contributed by atoms with Gasteiger partial charge in [0.1, 0.15) is 5.75 Å². The SMILES string of the molecule is CCc1ccc(NC(=O)C(C)Sc2nnc(-c3ccccc3OC)o2)cc1. The lowest BCUT2D eigenvalue weighted by molar-refractivity contribution is -0.115. The lowest BCUT2D eigenvalue weighted by Gasteiger charge is -2.10. The number of hydrogen-bond acceptors (Lipinski definition) is 6. The van der Waals surface area contributed by atoms with Gasteiger partial charge in [-0.25, -0.2) is 0 Å². The van der Waals surface area contributed by atoms with E-state index in [1.165, 1.54) is 17.3 Å². The van der Waals surface area contributed by atoms with E-state index < -0.39 is 0 Å². The molecule has 1 heterocycles. The first-order valence-electron chi connectivity index (χ1n) is 8.64. The molecule has 27 heavy (non-hydrogen) atoms. The van der Waals surface area contributed by atoms with E-state index in [-0.39, 0.29) is 11.2 Å². The summed E-state index contributed by atoms with van der Waals surface area (Å²) in [6.07, 6.45) is 0.964. The maximum atomic E-state index is 12.4. The highest BCUT2D eigenvalue weighted by Gasteiger charge is 2.20. The van der Waals surface area contributed by atoms with Crippen LogP contribution in [0.25, 0.3) is 11.5 Å². The highest BCUT2D eigenvalue weighted by Crippen LogP contribution is 2.31. The van der Waals surface area contributed by atoms with Gasteiger partial charge in [-0.1, -0.05) is 43.0 Å². The molecule has 0 spiro atoms. The summed E-state index contributed by atoms with van der Waals surface area (Å²) in [4.78, 5) is 12.4. The number of ether oxygens (including phenoxy) is 1. The molecule has 6 nitrogen and oxygen atoms in total. The molecule has 0 saturated carbocycles. The number of benzene rings is 2. The zero-order valence-corrected chi connectivity index (χ0v) is 16.2. The molecule has 1 atom stereocenters. The molecular weight excluding hydrogens is 362 g/mol. The van der Waals surface area contributed by atoms with E-state index in [4.69, 9.17) is 9.15 Å². The number of nitrogens with one attached hydrogen (secondary N) is 1. The number of methoxy groups -OCH3 is 1. The van der Waals surface area contributed by atoms with E-state index >= 15 is 0 Å². The van der Waals surface area contributed by atoms with E-state index in [1.807, 2.05) is 48.5 Å². The third kappa shape index (κ3) is 4.68. The van der Waals surface area contributed by atoms with Crippen LogP contribution in [0.5, 0.6) is 5.75 Å². The summed E-state index contributed by atoms with van der Waals surface area (Å²) in [7, 11) is 1.59. The first-order chi connectivity index (χ1) is 13.1. The molecule has 1 amide bonds. The minimum atomic E-state index is -0.387. The van der Waals surface area contributed by atoms with Crippen LogP contribution in [0.1, 0.15) is 19.4 Å². The topological polar surface area (TPSA) is 77.2 Å². The van der Waals surface area contributed by atoms with E-state index in [0.717, 1.165) is 12.1 Å². The molecule has 2 aromatic carbocycles. The Balaban J connectivity index is 1.64. The van der Waals surface area contributed by atoms with Gasteiger partial charge in [0.2, 0.25) is 5.91 Å². The predicted octanol–water partition coefficient (Wildman–Crippen LogP) is 4.43. The largest absolute Gasteiger partial charge is 0.496 e. The lowest BCUT2D eigenvalue weighted by atomic mass is 10.1. The van der Waals surface area contributed by atoms with Gasteiger partial charge in [-0.15, -0.1) is 10.2 Å². The van der Waals surface area contributed by atoms with Crippen LogP contribution in [0.15, 0.2) is 58.2 Å². The van der Waals surface area contributed by atoms with Crippen LogP contribution >= 0.6 is 11.8 Å². The lowest BCUT2D eigenvalue weighted by Crippen LogP contribution is -2.22. The quantitative estimate of drug-likeness (QED) is 0.608. The Morgan fingerprint density at radius 3 is 2.63 bits per heavy atom. The average Bonchev–Trinajstić information content (AvgIpc) is 3.16. The van der Waals surface area contributed by atoms with Gasteiger partial charge in [0, 0.05) is 5.69 Å². The fourth-order valence-corrected chi connectivity index (χ4v) is 3.14. The number of thioether (sulfide) groups is 1. The van der Waals surface area contributed by atoms with Gasteiger partial charge in [0.15, 0.2) is 0 Å². The number of amides is 1. The van der Waals surface area contributed by atoms with Crippen LogP contribution in [0, 0.1) is 0 Å². The fourth-order valence-electron chi connectivity index (χ4n) is 2.46. The number of para-hydroxylation sites is 1. The molecule has 0 radical (unpaired) electrons. The number of nitrogens with zero attached hydrogens (tertiary/aromatic N) is 2. The zero-order valence-electron chi connectivity index (χ0n) is 15.4. The van der Waals surface area contributed by atoms with Crippen molar-refractivity contribution in [3.8, 4) is 17.2 Å². The molecule has 3 aromatic rings. The summed E-state index contributed by atoms with van der Waals surface area (Å²) in [6, 6.07) is 15.2. The first-order valence-corrected chi connectivity index (χ1v) is 9.52. The molecule has 0 aliphatic rings. The summed E-state index contributed by atoms with van der Waals surface area (Å²) in [5.41, 5.74) is 2.71. The minimum Gasteiger partial charge on any atom is -0.496 e. The van der Waals surface area contributed by atoms with Crippen molar-refractivity contribution in [2.24, 2.45) is 0 Å². The molecule has 0 bridgehead atoms. The Morgan fingerprint density at radius 1 is 1.19 bits per heavy atom. The molecular formula is C20H21N3O3S. The highest BCUT2D eigenvalue weighted by atomic mass is 32.2. The summed E-state index contributed by atoms with van der Waals surface area (Å²) in [5.74, 6) is 0.887. The van der Waals surface area contributed by atoms with Crippen molar-refractivity contribution in [1.29, 1.82) is 0 Å². The standard InChI is InChI=1S/C20H21N3O3S/c1-4-14-9-11-15(12-10-14)21-18(24)13(2)27-20-23-22-19(26-20)16-7-5-6-8-17(16)25-3/h5-13H,4H2,1-3H3,(H,21,24). The van der Waals surface area contributed by atoms with Crippen molar-refractivity contribution in [3.05, 3.63) is 54.1 Å². The van der Waals surface area contributed by atoms with Crippen LogP contribution in [0.2, 0.25) is 0 Å². The predicted molar refractivity (Wildman–Crippen MR) is 106 cm³/mol. The molecule has 0 aliphatic heterocycles. The Labute approximate surface area is 162 Å². The van der Waals surface area contributed by atoms with Gasteiger partial charge >= 0.3 is 0 Å². The van der Waals surface area contributed by atoms with Crippen LogP contribution in [0.4, 0.5) is 5.69 Å². The summed E-state index contributed by atoms with van der Waals surface area (Å²) in [6.45, 7) is 3.89. The van der Waals surface area contributed by atoms with Crippen LogP contribution in [-0.4, -0.2) is 28.5 Å². The van der Waals surface area contributed by atoms with Crippen LogP contribution in [-0.2, 0) is 11.2 Å². The van der Waals surface area contributed by atoms with Crippen LogP contribution in [0.3, 0.4) is 0 Å². The second-order valence-corrected chi connectivity index (χ2v) is 7.17. The van der Waals surface area contributed by atoms with E-state index in [9.17, 15) is 4.79 Å². The van der Waals surface area contributed by atoms with Gasteiger partial charge in [-0.2, -0.15) is 0 Å². The van der Waals surface area contributed by atoms with E-state index in [1.54, 1.807) is 14.0 Å². The summed E-state index contributed by atoms with van der Waals surface area (Å²) < 4.78 is 11.0. The molecule has 7 heteroatoms. The number of carbonyl (C=O) groups excluding carboxylic acids is 1. The molecule has 0 fully saturated rings. The Hall–Kier alpha value is -2.80. The van der Waals surface area contributed by atoms with Gasteiger partial charge in [-0.3, -0.25) is 4.79 Å². The number of anilines is 1. The molecule has 1 unspecified atom stereocenters. The maximum Gasteiger partial charge on any atom is 0.277 e. The Kier molecular flexibility index (Phi) is 6.13. The maximum absolute atomic E-state index is 12.4. The highest BCUT2D eigenvalue weighted by molar-refractivity contribution is 8.00. The van der Waals surface area contributed by atoms with Crippen LogP contribution < -0.4 is 10.1 Å². The van der Waals surface area contributed by atoms with E-state index in [0.29, 0.717) is 22.4 Å². The van der Waals surface area contributed by atoms with Gasteiger partial charge in [0.25, 0.3) is 11.1 Å². The van der Waals surface area contributed by atoms with Crippen molar-refractivity contribution < 1.29 is 13.9 Å². The molecule has 0 aliphatic carbocycles. The van der Waals surface area contributed by atoms with Gasteiger partial charge in [-0.05, 0) is 43.2 Å². The third-order valence-electron chi connectivity index (χ3n) is 4.02. The number of aromatic nitrogens is 2. The molecule has 3 rings (SSSR count). The van der Waals surface area contributed by atoms with Crippen molar-refractivity contribution in [2.75, 3.05) is 12.4 Å². The van der Waals surface area contributed by atoms with Crippen molar-refractivity contribution in [3.63, 3.8) is 0 Å². The summed E-state index contributed by atoms with van der Waals surface area (Å²) in [5, 5.41) is 10.9. The molecule has 140 valence electrons. The van der Waals surface area contributed by atoms with Gasteiger partial charge in [0.05, 0.1) is 17.9 Å². The van der Waals surface area contributed by atoms with Crippen molar-refractivity contribution >= 4 is 23.4 Å². The number of hydrogen-bond donors (Lipinski definition) is 1. The van der Waals surface area contributed by atoms with E-state index in [2.05, 4.69) is 22.4 Å². The average molecular weight is 383 g/mol.